The lowest BCUT2D eigenvalue weighted by atomic mass is 10.0. The molecule has 0 aliphatic carbocycles. The molecule has 0 amide bonds. The first kappa shape index (κ1) is 24.3. The summed E-state index contributed by atoms with van der Waals surface area (Å²) < 4.78 is 37.5. The van der Waals surface area contributed by atoms with E-state index in [-0.39, 0.29) is 12.2 Å². The molecule has 190 valence electrons. The number of nitrogens with zero attached hydrogens (tertiary/aromatic N) is 4. The number of morpholine rings is 1. The summed E-state index contributed by atoms with van der Waals surface area (Å²) in [6.45, 7) is 11.5. The third-order valence-corrected chi connectivity index (χ3v) is 7.69. The van der Waals surface area contributed by atoms with Crippen molar-refractivity contribution in [1.29, 1.82) is 0 Å². The Labute approximate surface area is 197 Å². The van der Waals surface area contributed by atoms with Crippen molar-refractivity contribution < 1.29 is 28.4 Å². The molecule has 3 unspecified atom stereocenters. The van der Waals surface area contributed by atoms with Gasteiger partial charge in [0.15, 0.2) is 0 Å². The van der Waals surface area contributed by atoms with Gasteiger partial charge in [0.1, 0.15) is 6.10 Å². The monoisotopic (exact) mass is 470 g/mol. The van der Waals surface area contributed by atoms with Gasteiger partial charge in [0.2, 0.25) is 5.72 Å². The highest BCUT2D eigenvalue weighted by molar-refractivity contribution is 5.00. The molecular formula is C23H42N4O6. The van der Waals surface area contributed by atoms with Crippen LogP contribution in [0.3, 0.4) is 0 Å². The summed E-state index contributed by atoms with van der Waals surface area (Å²) in [6, 6.07) is 0. The van der Waals surface area contributed by atoms with Crippen LogP contribution in [-0.4, -0.2) is 150 Å². The minimum atomic E-state index is -1.33. The summed E-state index contributed by atoms with van der Waals surface area (Å²) in [5, 5.41) is 0. The molecule has 33 heavy (non-hydrogen) atoms. The maximum Gasteiger partial charge on any atom is 0.330 e. The zero-order chi connectivity index (χ0) is 22.7. The minimum absolute atomic E-state index is 0.00167. The van der Waals surface area contributed by atoms with Crippen molar-refractivity contribution in [2.75, 3.05) is 106 Å². The van der Waals surface area contributed by atoms with E-state index in [0.29, 0.717) is 39.6 Å². The number of methoxy groups -OCH3 is 1. The number of ether oxygens (including phenoxy) is 6. The summed E-state index contributed by atoms with van der Waals surface area (Å²) in [5.74, 6) is -1.33. The average molecular weight is 471 g/mol. The molecule has 0 N–H and O–H groups in total. The van der Waals surface area contributed by atoms with Gasteiger partial charge in [0.05, 0.1) is 39.2 Å². The van der Waals surface area contributed by atoms with E-state index < -0.39 is 11.7 Å². The third kappa shape index (κ3) is 5.11. The first-order chi connectivity index (χ1) is 16.1. The van der Waals surface area contributed by atoms with Crippen LogP contribution >= 0.6 is 0 Å². The summed E-state index contributed by atoms with van der Waals surface area (Å²) in [6.07, 6.45) is 3.25. The first-order valence-electron chi connectivity index (χ1n) is 12.7. The van der Waals surface area contributed by atoms with E-state index in [0.717, 1.165) is 58.9 Å². The summed E-state index contributed by atoms with van der Waals surface area (Å²) in [7, 11) is 3.87. The number of piperazine rings is 1. The molecule has 5 aliphatic rings. The van der Waals surface area contributed by atoms with E-state index in [1.807, 2.05) is 0 Å². The SMILES string of the molecule is COC1(OC2CCOC2)OCCN(CN2CCCC2)C1(CN1CCN(C)CC1)OC1COC1. The minimum Gasteiger partial charge on any atom is -0.379 e. The van der Waals surface area contributed by atoms with Gasteiger partial charge in [-0.3, -0.25) is 14.7 Å². The fraction of sp³-hybridized carbons (Fsp3) is 1.00. The standard InChI is InChI=1S/C23H42N4O6/c1-24-8-10-25(11-9-24)18-22(32-21-16-30-17-21)23(28-2,33-20-5-13-29-15-20)31-14-12-27(22)19-26-6-3-4-7-26/h20-21H,3-19H2,1-2H3. The lowest BCUT2D eigenvalue weighted by Crippen LogP contribution is -2.78. The van der Waals surface area contributed by atoms with Gasteiger partial charge in [-0.25, -0.2) is 0 Å². The van der Waals surface area contributed by atoms with Crippen LogP contribution in [0.4, 0.5) is 0 Å². The smallest absolute Gasteiger partial charge is 0.330 e. The molecule has 5 aliphatic heterocycles. The Morgan fingerprint density at radius 2 is 1.58 bits per heavy atom. The van der Waals surface area contributed by atoms with Crippen LogP contribution in [0, 0.1) is 0 Å². The van der Waals surface area contributed by atoms with Crippen LogP contribution in [0.5, 0.6) is 0 Å². The van der Waals surface area contributed by atoms with Crippen molar-refractivity contribution in [3.63, 3.8) is 0 Å². The zero-order valence-corrected chi connectivity index (χ0v) is 20.4. The van der Waals surface area contributed by atoms with E-state index in [9.17, 15) is 0 Å². The van der Waals surface area contributed by atoms with Crippen LogP contribution in [0.2, 0.25) is 0 Å². The fourth-order valence-corrected chi connectivity index (χ4v) is 5.59. The van der Waals surface area contributed by atoms with E-state index in [4.69, 9.17) is 28.4 Å². The van der Waals surface area contributed by atoms with Gasteiger partial charge in [-0.05, 0) is 39.4 Å². The second-order valence-electron chi connectivity index (χ2n) is 10.1. The molecule has 3 atom stereocenters. The van der Waals surface area contributed by atoms with E-state index in [2.05, 4.69) is 26.6 Å². The fourth-order valence-electron chi connectivity index (χ4n) is 5.59. The van der Waals surface area contributed by atoms with Gasteiger partial charge in [-0.1, -0.05) is 0 Å². The molecule has 5 saturated heterocycles. The largest absolute Gasteiger partial charge is 0.379 e. The molecule has 0 aromatic rings. The molecule has 10 nitrogen and oxygen atoms in total. The maximum absolute atomic E-state index is 6.99. The number of hydrogen-bond donors (Lipinski definition) is 0. The Hall–Kier alpha value is -0.400. The van der Waals surface area contributed by atoms with Crippen LogP contribution in [-0.2, 0) is 28.4 Å². The topological polar surface area (TPSA) is 68.3 Å². The molecule has 0 radical (unpaired) electrons. The predicted molar refractivity (Wildman–Crippen MR) is 121 cm³/mol. The van der Waals surface area contributed by atoms with E-state index >= 15 is 0 Å². The molecule has 5 heterocycles. The number of likely N-dealkylation sites (N-methyl/N-ethyl adjacent to an activating group) is 1. The molecule has 0 bridgehead atoms. The summed E-state index contributed by atoms with van der Waals surface area (Å²) in [4.78, 5) is 9.80. The molecule has 0 saturated carbocycles. The lowest BCUT2D eigenvalue weighted by Gasteiger charge is -2.59. The molecule has 5 rings (SSSR count). The van der Waals surface area contributed by atoms with Crippen LogP contribution in [0.25, 0.3) is 0 Å². The normalized spacial score (nSPS) is 38.2. The van der Waals surface area contributed by atoms with Crippen molar-refractivity contribution in [2.24, 2.45) is 0 Å². The Morgan fingerprint density at radius 1 is 0.818 bits per heavy atom. The molecule has 5 fully saturated rings. The van der Waals surface area contributed by atoms with E-state index in [1.165, 1.54) is 12.8 Å². The highest BCUT2D eigenvalue weighted by Gasteiger charge is 2.65. The number of hydrogen-bond acceptors (Lipinski definition) is 10. The molecular weight excluding hydrogens is 428 g/mol. The zero-order valence-electron chi connectivity index (χ0n) is 20.4. The van der Waals surface area contributed by atoms with Gasteiger partial charge < -0.3 is 33.3 Å². The number of rotatable bonds is 9. The Morgan fingerprint density at radius 3 is 2.21 bits per heavy atom. The van der Waals surface area contributed by atoms with E-state index in [1.54, 1.807) is 7.11 Å². The van der Waals surface area contributed by atoms with Gasteiger partial charge >= 0.3 is 5.97 Å². The third-order valence-electron chi connectivity index (χ3n) is 7.69. The van der Waals surface area contributed by atoms with Crippen LogP contribution in [0.1, 0.15) is 19.3 Å². The molecule has 0 aromatic carbocycles. The lowest BCUT2D eigenvalue weighted by molar-refractivity contribution is -0.502. The van der Waals surface area contributed by atoms with Crippen molar-refractivity contribution in [3.05, 3.63) is 0 Å². The Kier molecular flexibility index (Phi) is 7.88. The van der Waals surface area contributed by atoms with Crippen molar-refractivity contribution in [3.8, 4) is 0 Å². The Balaban J connectivity index is 1.48. The second-order valence-corrected chi connectivity index (χ2v) is 10.1. The first-order valence-corrected chi connectivity index (χ1v) is 12.7. The molecule has 0 spiro atoms. The average Bonchev–Trinajstić information content (AvgIpc) is 3.49. The van der Waals surface area contributed by atoms with Crippen LogP contribution < -0.4 is 0 Å². The second kappa shape index (κ2) is 10.7. The van der Waals surface area contributed by atoms with Gasteiger partial charge in [0, 0.05) is 53.0 Å². The van der Waals surface area contributed by atoms with Crippen molar-refractivity contribution >= 4 is 0 Å². The summed E-state index contributed by atoms with van der Waals surface area (Å²) in [5.41, 5.74) is -0.907. The quantitative estimate of drug-likeness (QED) is 0.425. The number of likely N-dealkylation sites (tertiary alicyclic amines) is 1. The van der Waals surface area contributed by atoms with Crippen LogP contribution in [0.15, 0.2) is 0 Å². The molecule has 10 heteroatoms. The van der Waals surface area contributed by atoms with Gasteiger partial charge in [-0.2, -0.15) is 0 Å². The highest BCUT2D eigenvalue weighted by Crippen LogP contribution is 2.43. The Bertz CT molecular complexity index is 622. The maximum atomic E-state index is 6.99. The highest BCUT2D eigenvalue weighted by atomic mass is 16.9. The van der Waals surface area contributed by atoms with Crippen molar-refractivity contribution in [1.82, 2.24) is 19.6 Å². The predicted octanol–water partition coefficient (Wildman–Crippen LogP) is -0.163. The van der Waals surface area contributed by atoms with Gasteiger partial charge in [-0.15, -0.1) is 0 Å². The molecule has 0 aromatic heterocycles. The van der Waals surface area contributed by atoms with Crippen molar-refractivity contribution in [2.45, 2.75) is 43.2 Å². The van der Waals surface area contributed by atoms with Gasteiger partial charge in [0.25, 0.3) is 0 Å². The summed E-state index contributed by atoms with van der Waals surface area (Å²) >= 11 is 0.